The Morgan fingerprint density at radius 1 is 1.24 bits per heavy atom. The van der Waals surface area contributed by atoms with Crippen molar-refractivity contribution in [1.82, 2.24) is 5.32 Å². The van der Waals surface area contributed by atoms with Gasteiger partial charge in [0.15, 0.2) is 0 Å². The Kier molecular flexibility index (Phi) is 6.45. The molecule has 0 aliphatic carbocycles. The summed E-state index contributed by atoms with van der Waals surface area (Å²) in [6.07, 6.45) is 1.08. The van der Waals surface area contributed by atoms with E-state index in [0.29, 0.717) is 18.1 Å². The highest BCUT2D eigenvalue weighted by Crippen LogP contribution is 2.23. The largest absolute Gasteiger partial charge is 0.478 e. The zero-order valence-electron chi connectivity index (χ0n) is 11.7. The third-order valence-electron chi connectivity index (χ3n) is 3.25. The Bertz CT molecular complexity index is 484. The molecule has 1 aliphatic rings. The number of carboxylic acid groups (broad SMARTS) is 1. The smallest absolute Gasteiger partial charge is 0.335 e. The van der Waals surface area contributed by atoms with Gasteiger partial charge in [-0.25, -0.2) is 4.79 Å². The lowest BCUT2D eigenvalue weighted by molar-refractivity contribution is -0.121. The first-order valence-corrected chi connectivity index (χ1v) is 9.14. The molecule has 1 atom stereocenters. The number of aryl methyl sites for hydroxylation is 1. The quantitative estimate of drug-likeness (QED) is 0.840. The summed E-state index contributed by atoms with van der Waals surface area (Å²) >= 11 is 3.88. The van der Waals surface area contributed by atoms with E-state index in [4.69, 9.17) is 5.11 Å². The first-order valence-electron chi connectivity index (χ1n) is 6.93. The van der Waals surface area contributed by atoms with E-state index in [0.717, 1.165) is 17.9 Å². The number of rotatable bonds is 6. The predicted octanol–water partition coefficient (Wildman–Crippen LogP) is 2.28. The Morgan fingerprint density at radius 2 is 2.00 bits per heavy atom. The lowest BCUT2D eigenvalue weighted by Gasteiger charge is -2.21. The van der Waals surface area contributed by atoms with Crippen molar-refractivity contribution in [1.29, 1.82) is 0 Å². The molecule has 1 fully saturated rings. The number of nitrogens with one attached hydrogen (secondary N) is 1. The SMILES string of the molecule is O=C(CCc1ccc(C(=O)O)cc1)NCC1CSCCS1. The molecule has 0 bridgehead atoms. The van der Waals surface area contributed by atoms with Crippen LogP contribution in [-0.4, -0.2) is 46.0 Å². The summed E-state index contributed by atoms with van der Waals surface area (Å²) in [4.78, 5) is 22.6. The summed E-state index contributed by atoms with van der Waals surface area (Å²) in [6.45, 7) is 0.744. The van der Waals surface area contributed by atoms with Gasteiger partial charge >= 0.3 is 5.97 Å². The third kappa shape index (κ3) is 5.63. The fraction of sp³-hybridized carbons (Fsp3) is 0.467. The van der Waals surface area contributed by atoms with Crippen molar-refractivity contribution in [3.8, 4) is 0 Å². The first kappa shape index (κ1) is 16.2. The van der Waals surface area contributed by atoms with Crippen LogP contribution in [0.5, 0.6) is 0 Å². The molecule has 0 radical (unpaired) electrons. The molecule has 21 heavy (non-hydrogen) atoms. The Hall–Kier alpha value is -1.14. The van der Waals surface area contributed by atoms with Crippen LogP contribution in [0, 0.1) is 0 Å². The van der Waals surface area contributed by atoms with Gasteiger partial charge in [-0.05, 0) is 24.1 Å². The number of benzene rings is 1. The summed E-state index contributed by atoms with van der Waals surface area (Å²) < 4.78 is 0. The molecule has 1 unspecified atom stereocenters. The van der Waals surface area contributed by atoms with Crippen LogP contribution in [0.25, 0.3) is 0 Å². The molecule has 1 aromatic carbocycles. The van der Waals surface area contributed by atoms with E-state index >= 15 is 0 Å². The molecule has 2 N–H and O–H groups in total. The van der Waals surface area contributed by atoms with Gasteiger partial charge in [0, 0.05) is 35.5 Å². The molecule has 0 aromatic heterocycles. The normalized spacial score (nSPS) is 18.2. The molecular formula is C15H19NO3S2. The molecule has 1 aliphatic heterocycles. The Morgan fingerprint density at radius 3 is 2.62 bits per heavy atom. The summed E-state index contributed by atoms with van der Waals surface area (Å²) in [6, 6.07) is 6.69. The van der Waals surface area contributed by atoms with E-state index in [1.807, 2.05) is 23.5 Å². The highest BCUT2D eigenvalue weighted by Gasteiger charge is 2.15. The monoisotopic (exact) mass is 325 g/mol. The van der Waals surface area contributed by atoms with Gasteiger partial charge in [0.2, 0.25) is 5.91 Å². The molecule has 6 heteroatoms. The third-order valence-corrected chi connectivity index (χ3v) is 6.10. The lowest BCUT2D eigenvalue weighted by atomic mass is 10.1. The maximum absolute atomic E-state index is 11.8. The maximum Gasteiger partial charge on any atom is 0.335 e. The topological polar surface area (TPSA) is 66.4 Å². The number of hydrogen-bond donors (Lipinski definition) is 2. The summed E-state index contributed by atoms with van der Waals surface area (Å²) in [7, 11) is 0. The molecule has 0 spiro atoms. The van der Waals surface area contributed by atoms with E-state index in [1.54, 1.807) is 24.3 Å². The first-order chi connectivity index (χ1) is 10.1. The van der Waals surface area contributed by atoms with Crippen LogP contribution in [0.15, 0.2) is 24.3 Å². The van der Waals surface area contributed by atoms with Gasteiger partial charge < -0.3 is 10.4 Å². The molecule has 4 nitrogen and oxygen atoms in total. The van der Waals surface area contributed by atoms with Gasteiger partial charge in [-0.3, -0.25) is 4.79 Å². The molecule has 1 heterocycles. The highest BCUT2D eigenvalue weighted by atomic mass is 32.2. The second kappa shape index (κ2) is 8.34. The predicted molar refractivity (Wildman–Crippen MR) is 88.3 cm³/mol. The van der Waals surface area contributed by atoms with Gasteiger partial charge in [-0.15, -0.1) is 0 Å². The van der Waals surface area contributed by atoms with Crippen molar-refractivity contribution in [2.45, 2.75) is 18.1 Å². The fourth-order valence-corrected chi connectivity index (χ4v) is 4.65. The molecule has 1 saturated heterocycles. The summed E-state index contributed by atoms with van der Waals surface area (Å²) in [5, 5.41) is 12.3. The number of amides is 1. The summed E-state index contributed by atoms with van der Waals surface area (Å²) in [5.74, 6) is 2.63. The zero-order chi connectivity index (χ0) is 15.1. The van der Waals surface area contributed by atoms with Crippen LogP contribution < -0.4 is 5.32 Å². The van der Waals surface area contributed by atoms with Crippen LogP contribution >= 0.6 is 23.5 Å². The Labute approximate surface area is 133 Å². The second-order valence-corrected chi connectivity index (χ2v) is 7.43. The zero-order valence-corrected chi connectivity index (χ0v) is 13.3. The minimum Gasteiger partial charge on any atom is -0.478 e. The van der Waals surface area contributed by atoms with Crippen LogP contribution in [0.2, 0.25) is 0 Å². The number of carbonyl (C=O) groups excluding carboxylic acids is 1. The second-order valence-electron chi connectivity index (χ2n) is 4.87. The van der Waals surface area contributed by atoms with E-state index in [2.05, 4.69) is 5.32 Å². The fourth-order valence-electron chi connectivity index (χ4n) is 2.04. The summed E-state index contributed by atoms with van der Waals surface area (Å²) in [5.41, 5.74) is 1.26. The minimum absolute atomic E-state index is 0.0634. The van der Waals surface area contributed by atoms with Gasteiger partial charge in [-0.2, -0.15) is 23.5 Å². The average Bonchev–Trinajstić information content (AvgIpc) is 2.52. The van der Waals surface area contributed by atoms with Crippen molar-refractivity contribution < 1.29 is 14.7 Å². The number of thioether (sulfide) groups is 2. The molecule has 1 amide bonds. The Balaban J connectivity index is 1.69. The van der Waals surface area contributed by atoms with Gasteiger partial charge in [0.1, 0.15) is 0 Å². The van der Waals surface area contributed by atoms with Crippen molar-refractivity contribution in [2.24, 2.45) is 0 Å². The van der Waals surface area contributed by atoms with Crippen LogP contribution in [0.4, 0.5) is 0 Å². The van der Waals surface area contributed by atoms with Crippen molar-refractivity contribution >= 4 is 35.4 Å². The van der Waals surface area contributed by atoms with Crippen molar-refractivity contribution in [3.05, 3.63) is 35.4 Å². The van der Waals surface area contributed by atoms with Crippen LogP contribution in [0.1, 0.15) is 22.3 Å². The van der Waals surface area contributed by atoms with E-state index < -0.39 is 5.97 Å². The number of aromatic carboxylic acids is 1. The van der Waals surface area contributed by atoms with E-state index in [-0.39, 0.29) is 11.5 Å². The van der Waals surface area contributed by atoms with Crippen LogP contribution in [0.3, 0.4) is 0 Å². The van der Waals surface area contributed by atoms with Crippen molar-refractivity contribution in [2.75, 3.05) is 23.8 Å². The van der Waals surface area contributed by atoms with E-state index in [1.165, 1.54) is 11.5 Å². The van der Waals surface area contributed by atoms with Crippen LogP contribution in [-0.2, 0) is 11.2 Å². The van der Waals surface area contributed by atoms with Gasteiger partial charge in [-0.1, -0.05) is 12.1 Å². The maximum atomic E-state index is 11.8. The van der Waals surface area contributed by atoms with E-state index in [9.17, 15) is 9.59 Å². The molecule has 2 rings (SSSR count). The number of carboxylic acids is 1. The molecule has 1 aromatic rings. The number of hydrogen-bond acceptors (Lipinski definition) is 4. The average molecular weight is 325 g/mol. The van der Waals surface area contributed by atoms with Gasteiger partial charge in [0.05, 0.1) is 5.56 Å². The molecule has 0 saturated carbocycles. The molecule has 114 valence electrons. The standard InChI is InChI=1S/C15H19NO3S2/c17-14(16-9-13-10-20-7-8-21-13)6-3-11-1-4-12(5-2-11)15(18)19/h1-2,4-5,13H,3,6-10H2,(H,16,17)(H,18,19). The molecular weight excluding hydrogens is 306 g/mol. The minimum atomic E-state index is -0.929. The lowest BCUT2D eigenvalue weighted by Crippen LogP contribution is -2.33. The highest BCUT2D eigenvalue weighted by molar-refractivity contribution is 8.06. The number of carbonyl (C=O) groups is 2. The van der Waals surface area contributed by atoms with Gasteiger partial charge in [0.25, 0.3) is 0 Å². The van der Waals surface area contributed by atoms with Crippen molar-refractivity contribution in [3.63, 3.8) is 0 Å².